The molecule has 110 valence electrons. The maximum absolute atomic E-state index is 12.2. The largest absolute Gasteiger partial charge is 0.479 e. The van der Waals surface area contributed by atoms with Gasteiger partial charge in [-0.3, -0.25) is 0 Å². The third kappa shape index (κ3) is 3.29. The fourth-order valence-electron chi connectivity index (χ4n) is 2.37. The van der Waals surface area contributed by atoms with Crippen LogP contribution in [0.15, 0.2) is 17.5 Å². The molecule has 6 nitrogen and oxygen atoms in total. The first-order valence-electron chi connectivity index (χ1n) is 6.57. The first-order chi connectivity index (χ1) is 9.63. The summed E-state index contributed by atoms with van der Waals surface area (Å²) in [6, 6.07) is 1.75. The zero-order valence-electron chi connectivity index (χ0n) is 11.0. The number of thiophene rings is 1. The Kier molecular flexibility index (Phi) is 4.97. The van der Waals surface area contributed by atoms with Gasteiger partial charge in [0.2, 0.25) is 0 Å². The smallest absolute Gasteiger partial charge is 0.331 e. The highest BCUT2D eigenvalue weighted by molar-refractivity contribution is 7.10. The monoisotopic (exact) mass is 298 g/mol. The highest BCUT2D eigenvalue weighted by atomic mass is 32.1. The molecule has 1 saturated heterocycles. The van der Waals surface area contributed by atoms with Gasteiger partial charge >= 0.3 is 12.0 Å². The van der Waals surface area contributed by atoms with Crippen LogP contribution in [0.5, 0.6) is 0 Å². The van der Waals surface area contributed by atoms with Gasteiger partial charge in [-0.15, -0.1) is 11.3 Å². The van der Waals surface area contributed by atoms with Gasteiger partial charge < -0.3 is 20.4 Å². The zero-order valence-corrected chi connectivity index (χ0v) is 11.8. The fourth-order valence-corrected chi connectivity index (χ4v) is 3.14. The van der Waals surface area contributed by atoms with E-state index >= 15 is 0 Å². The number of rotatable bonds is 4. The van der Waals surface area contributed by atoms with Crippen LogP contribution in [0.25, 0.3) is 0 Å². The molecule has 7 heteroatoms. The highest BCUT2D eigenvalue weighted by Gasteiger charge is 2.30. The second-order valence-corrected chi connectivity index (χ2v) is 5.74. The van der Waals surface area contributed by atoms with Gasteiger partial charge in [-0.05, 0) is 30.7 Å². The van der Waals surface area contributed by atoms with Crippen molar-refractivity contribution in [1.29, 1.82) is 0 Å². The summed E-state index contributed by atoms with van der Waals surface area (Å²) in [4.78, 5) is 25.6. The molecular formula is C13H18N2O4S. The number of aliphatic carboxylic acids is 1. The van der Waals surface area contributed by atoms with E-state index in [-0.39, 0.29) is 12.6 Å². The number of urea groups is 1. The number of carbonyl (C=O) groups is 2. The van der Waals surface area contributed by atoms with Crippen molar-refractivity contribution in [2.75, 3.05) is 13.2 Å². The fraction of sp³-hybridized carbons (Fsp3) is 0.538. The number of nitrogens with one attached hydrogen (secondary N) is 1. The van der Waals surface area contributed by atoms with Crippen LogP contribution in [-0.2, 0) is 4.79 Å². The Balaban J connectivity index is 2.06. The quantitative estimate of drug-likeness (QED) is 0.784. The topological polar surface area (TPSA) is 89.9 Å². The Morgan fingerprint density at radius 2 is 2.30 bits per heavy atom. The van der Waals surface area contributed by atoms with E-state index in [2.05, 4.69) is 5.32 Å². The van der Waals surface area contributed by atoms with E-state index in [0.29, 0.717) is 11.4 Å². The molecule has 0 aliphatic carbocycles. The minimum absolute atomic E-state index is 0.0931. The number of aliphatic hydroxyl groups is 1. The highest BCUT2D eigenvalue weighted by Crippen LogP contribution is 2.21. The molecule has 0 spiro atoms. The van der Waals surface area contributed by atoms with Crippen LogP contribution in [0.3, 0.4) is 0 Å². The number of aliphatic hydroxyl groups excluding tert-OH is 1. The molecule has 1 aliphatic heterocycles. The second kappa shape index (κ2) is 6.71. The molecule has 1 aliphatic rings. The van der Waals surface area contributed by atoms with Crippen molar-refractivity contribution in [3.8, 4) is 0 Å². The second-order valence-electron chi connectivity index (χ2n) is 4.76. The maximum atomic E-state index is 12.2. The molecule has 2 unspecified atom stereocenters. The molecule has 20 heavy (non-hydrogen) atoms. The van der Waals surface area contributed by atoms with Crippen LogP contribution in [0.4, 0.5) is 4.79 Å². The van der Waals surface area contributed by atoms with Gasteiger partial charge in [0.05, 0.1) is 12.6 Å². The summed E-state index contributed by atoms with van der Waals surface area (Å²) in [5, 5.41) is 22.9. The number of hydrogen-bond donors (Lipinski definition) is 3. The molecule has 2 heterocycles. The van der Waals surface area contributed by atoms with Crippen molar-refractivity contribution in [3.05, 3.63) is 22.4 Å². The van der Waals surface area contributed by atoms with Crippen molar-refractivity contribution in [1.82, 2.24) is 10.2 Å². The Labute approximate surface area is 121 Å². The van der Waals surface area contributed by atoms with Crippen molar-refractivity contribution in [2.45, 2.75) is 31.3 Å². The van der Waals surface area contributed by atoms with Gasteiger partial charge in [0.1, 0.15) is 0 Å². The van der Waals surface area contributed by atoms with E-state index in [1.165, 1.54) is 16.2 Å². The van der Waals surface area contributed by atoms with Crippen molar-refractivity contribution < 1.29 is 19.8 Å². The van der Waals surface area contributed by atoms with Crippen molar-refractivity contribution in [3.63, 3.8) is 0 Å². The molecule has 2 rings (SSSR count). The summed E-state index contributed by atoms with van der Waals surface area (Å²) >= 11 is 1.29. The lowest BCUT2D eigenvalue weighted by molar-refractivity contribution is -0.139. The number of nitrogens with zero attached hydrogens (tertiary/aromatic N) is 1. The lowest BCUT2D eigenvalue weighted by Crippen LogP contribution is -2.51. The summed E-state index contributed by atoms with van der Waals surface area (Å²) in [7, 11) is 0. The van der Waals surface area contributed by atoms with Gasteiger partial charge in [0.15, 0.2) is 6.04 Å². The van der Waals surface area contributed by atoms with E-state index in [1.807, 2.05) is 0 Å². The molecule has 3 N–H and O–H groups in total. The van der Waals surface area contributed by atoms with Gasteiger partial charge in [-0.25, -0.2) is 9.59 Å². The van der Waals surface area contributed by atoms with E-state index in [4.69, 9.17) is 0 Å². The first-order valence-corrected chi connectivity index (χ1v) is 7.45. The molecule has 0 saturated carbocycles. The Morgan fingerprint density at radius 1 is 1.50 bits per heavy atom. The van der Waals surface area contributed by atoms with Gasteiger partial charge in [-0.2, -0.15) is 0 Å². The molecule has 1 aromatic rings. The zero-order chi connectivity index (χ0) is 14.5. The molecule has 0 radical (unpaired) electrons. The molecule has 0 bridgehead atoms. The van der Waals surface area contributed by atoms with Gasteiger partial charge in [0, 0.05) is 11.4 Å². The number of carboxylic acid groups (broad SMARTS) is 1. The summed E-state index contributed by atoms with van der Waals surface area (Å²) < 4.78 is 0. The number of piperidine rings is 1. The molecule has 2 atom stereocenters. The lowest BCUT2D eigenvalue weighted by atomic mass is 10.0. The van der Waals surface area contributed by atoms with Crippen LogP contribution < -0.4 is 5.32 Å². The Bertz CT molecular complexity index is 463. The summed E-state index contributed by atoms with van der Waals surface area (Å²) in [5.41, 5.74) is 0. The van der Waals surface area contributed by atoms with E-state index in [9.17, 15) is 19.8 Å². The van der Waals surface area contributed by atoms with E-state index in [1.54, 1.807) is 17.5 Å². The molecular weight excluding hydrogens is 280 g/mol. The SMILES string of the molecule is O=C(O)C(NC(=O)N1CCCCC1CO)c1cccs1. The average Bonchev–Trinajstić information content (AvgIpc) is 2.97. The molecule has 0 aromatic carbocycles. The number of likely N-dealkylation sites (tertiary alicyclic amines) is 1. The van der Waals surface area contributed by atoms with Crippen LogP contribution >= 0.6 is 11.3 Å². The third-order valence-electron chi connectivity index (χ3n) is 3.44. The molecule has 1 fully saturated rings. The van der Waals surface area contributed by atoms with Crippen LogP contribution in [0, 0.1) is 0 Å². The summed E-state index contributed by atoms with van der Waals surface area (Å²) in [6.07, 6.45) is 2.60. The Morgan fingerprint density at radius 3 is 2.90 bits per heavy atom. The van der Waals surface area contributed by atoms with Crippen LogP contribution in [-0.4, -0.2) is 46.3 Å². The molecule has 2 amide bonds. The number of carbonyl (C=O) groups excluding carboxylic acids is 1. The number of amides is 2. The van der Waals surface area contributed by atoms with E-state index in [0.717, 1.165) is 19.3 Å². The number of carboxylic acids is 1. The van der Waals surface area contributed by atoms with Gasteiger partial charge in [0.25, 0.3) is 0 Å². The predicted molar refractivity (Wildman–Crippen MR) is 74.7 cm³/mol. The Hall–Kier alpha value is -1.60. The molecule has 1 aromatic heterocycles. The van der Waals surface area contributed by atoms with Crippen LogP contribution in [0.1, 0.15) is 30.2 Å². The maximum Gasteiger partial charge on any atom is 0.331 e. The number of hydrogen-bond acceptors (Lipinski definition) is 4. The lowest BCUT2D eigenvalue weighted by Gasteiger charge is -2.35. The van der Waals surface area contributed by atoms with E-state index < -0.39 is 18.0 Å². The van der Waals surface area contributed by atoms with Crippen molar-refractivity contribution in [2.24, 2.45) is 0 Å². The average molecular weight is 298 g/mol. The standard InChI is InChI=1S/C13H18N2O4S/c16-8-9-4-1-2-6-15(9)13(19)14-11(12(17)18)10-5-3-7-20-10/h3,5,7,9,11,16H,1-2,4,6,8H2,(H,14,19)(H,17,18). The van der Waals surface area contributed by atoms with Crippen molar-refractivity contribution >= 4 is 23.3 Å². The van der Waals surface area contributed by atoms with Crippen LogP contribution in [0.2, 0.25) is 0 Å². The summed E-state index contributed by atoms with van der Waals surface area (Å²) in [6.45, 7) is 0.456. The van der Waals surface area contributed by atoms with Gasteiger partial charge in [-0.1, -0.05) is 6.07 Å². The summed E-state index contributed by atoms with van der Waals surface area (Å²) in [5.74, 6) is -1.08. The first kappa shape index (κ1) is 14.8. The third-order valence-corrected chi connectivity index (χ3v) is 4.38. The minimum atomic E-state index is -1.08. The predicted octanol–water partition coefficient (Wildman–Crippen LogP) is 1.43. The minimum Gasteiger partial charge on any atom is -0.479 e. The normalized spacial score (nSPS) is 20.4.